The van der Waals surface area contributed by atoms with Gasteiger partial charge < -0.3 is 14.6 Å². The Balaban J connectivity index is 1.59. The Morgan fingerprint density at radius 3 is 3.17 bits per heavy atom. The van der Waals surface area contributed by atoms with Crippen molar-refractivity contribution in [2.45, 2.75) is 25.9 Å². The van der Waals surface area contributed by atoms with Gasteiger partial charge in [0.1, 0.15) is 0 Å². The number of carbonyl (C=O) groups is 1. The van der Waals surface area contributed by atoms with Gasteiger partial charge in [0, 0.05) is 24.8 Å². The van der Waals surface area contributed by atoms with Gasteiger partial charge in [-0.25, -0.2) is 4.98 Å². The molecule has 1 saturated heterocycles. The highest BCUT2D eigenvalue weighted by molar-refractivity contribution is 7.12. The van der Waals surface area contributed by atoms with Crippen LogP contribution in [0.5, 0.6) is 0 Å². The van der Waals surface area contributed by atoms with Gasteiger partial charge in [-0.2, -0.15) is 0 Å². The highest BCUT2D eigenvalue weighted by atomic mass is 32.1. The van der Waals surface area contributed by atoms with E-state index < -0.39 is 0 Å². The number of hydrogen-bond acceptors (Lipinski definition) is 5. The zero-order valence-electron chi connectivity index (χ0n) is 12.9. The van der Waals surface area contributed by atoms with E-state index in [2.05, 4.69) is 9.97 Å². The molecule has 1 fully saturated rings. The van der Waals surface area contributed by atoms with Crippen molar-refractivity contribution in [2.75, 3.05) is 19.7 Å². The van der Waals surface area contributed by atoms with Crippen LogP contribution >= 0.6 is 11.3 Å². The second-order valence-electron chi connectivity index (χ2n) is 5.62. The number of H-pyrrole nitrogens is 1. The number of nitrogens with zero attached hydrogens (tertiary/aromatic N) is 2. The molecule has 0 unspecified atom stereocenters. The van der Waals surface area contributed by atoms with Gasteiger partial charge in [0.15, 0.2) is 0 Å². The van der Waals surface area contributed by atoms with E-state index in [1.165, 1.54) is 23.7 Å². The number of morpholine rings is 1. The first-order valence-electron chi connectivity index (χ1n) is 7.62. The first-order chi connectivity index (χ1) is 11.1. The molecule has 0 radical (unpaired) electrons. The van der Waals surface area contributed by atoms with Gasteiger partial charge in [-0.1, -0.05) is 0 Å². The van der Waals surface area contributed by atoms with E-state index in [-0.39, 0.29) is 17.6 Å². The molecule has 1 aliphatic heterocycles. The van der Waals surface area contributed by atoms with Crippen LogP contribution in [0.1, 0.15) is 27.3 Å². The molecule has 122 valence electrons. The lowest BCUT2D eigenvalue weighted by Gasteiger charge is -2.33. The fourth-order valence-corrected chi connectivity index (χ4v) is 3.56. The van der Waals surface area contributed by atoms with Crippen molar-refractivity contribution in [2.24, 2.45) is 0 Å². The van der Waals surface area contributed by atoms with Gasteiger partial charge in [-0.05, 0) is 36.8 Å². The number of thiophene rings is 1. The van der Waals surface area contributed by atoms with Crippen LogP contribution in [0.3, 0.4) is 0 Å². The van der Waals surface area contributed by atoms with Crippen molar-refractivity contribution in [3.05, 3.63) is 50.3 Å². The summed E-state index contributed by atoms with van der Waals surface area (Å²) >= 11 is 1.48. The Bertz CT molecular complexity index is 740. The summed E-state index contributed by atoms with van der Waals surface area (Å²) in [6.07, 6.45) is 2.79. The normalized spacial score (nSPS) is 18.1. The molecule has 0 aliphatic carbocycles. The summed E-state index contributed by atoms with van der Waals surface area (Å²) in [7, 11) is 0. The first kappa shape index (κ1) is 15.9. The summed E-state index contributed by atoms with van der Waals surface area (Å²) in [5.74, 6) is 0.0834. The third-order valence-electron chi connectivity index (χ3n) is 3.94. The molecule has 0 saturated carbocycles. The molecule has 3 rings (SSSR count). The molecule has 0 aromatic carbocycles. The molecule has 1 amide bonds. The molecule has 2 aromatic rings. The monoisotopic (exact) mass is 333 g/mol. The smallest absolute Gasteiger partial charge is 0.264 e. The number of carbonyl (C=O) groups excluding carboxylic acids is 1. The minimum absolute atomic E-state index is 0.0194. The summed E-state index contributed by atoms with van der Waals surface area (Å²) in [5.41, 5.74) is 1.62. The van der Waals surface area contributed by atoms with Crippen LogP contribution in [0.25, 0.3) is 0 Å². The van der Waals surface area contributed by atoms with E-state index >= 15 is 0 Å². The largest absolute Gasteiger partial charge is 0.375 e. The minimum Gasteiger partial charge on any atom is -0.375 e. The van der Waals surface area contributed by atoms with Crippen LogP contribution in [0, 0.1) is 6.92 Å². The Hall–Kier alpha value is -1.99. The summed E-state index contributed by atoms with van der Waals surface area (Å²) < 4.78 is 5.75. The highest BCUT2D eigenvalue weighted by Gasteiger charge is 2.26. The van der Waals surface area contributed by atoms with Gasteiger partial charge >= 0.3 is 0 Å². The topological polar surface area (TPSA) is 75.3 Å². The maximum absolute atomic E-state index is 12.6. The predicted octanol–water partition coefficient (Wildman–Crippen LogP) is 1.61. The molecule has 7 heteroatoms. The number of amides is 1. The Morgan fingerprint density at radius 2 is 2.43 bits per heavy atom. The molecule has 6 nitrogen and oxygen atoms in total. The number of nitrogens with one attached hydrogen (secondary N) is 1. The standard InChI is InChI=1S/C16H19N3O3S/c1-11-4-7-23-15(11)16(21)19-5-6-22-13(9-19)3-2-12-8-14(20)18-10-17-12/h4,7-8,10,13H,2-3,5-6,9H2,1H3,(H,17,18,20)/t13-/m0/s1. The minimum atomic E-state index is -0.149. The van der Waals surface area contributed by atoms with Gasteiger partial charge in [-0.15, -0.1) is 11.3 Å². The van der Waals surface area contributed by atoms with Gasteiger partial charge in [-0.3, -0.25) is 9.59 Å². The molecule has 2 aromatic heterocycles. The summed E-state index contributed by atoms with van der Waals surface area (Å²) in [6, 6.07) is 3.47. The second kappa shape index (κ2) is 7.06. The maximum atomic E-state index is 12.6. The fourth-order valence-electron chi connectivity index (χ4n) is 2.67. The van der Waals surface area contributed by atoms with Crippen molar-refractivity contribution in [1.29, 1.82) is 0 Å². The first-order valence-corrected chi connectivity index (χ1v) is 8.50. The van der Waals surface area contributed by atoms with Crippen molar-refractivity contribution < 1.29 is 9.53 Å². The van der Waals surface area contributed by atoms with E-state index in [0.29, 0.717) is 26.1 Å². The molecule has 23 heavy (non-hydrogen) atoms. The average Bonchev–Trinajstić information content (AvgIpc) is 2.99. The van der Waals surface area contributed by atoms with E-state index in [9.17, 15) is 9.59 Å². The maximum Gasteiger partial charge on any atom is 0.264 e. The van der Waals surface area contributed by atoms with Crippen molar-refractivity contribution in [3.63, 3.8) is 0 Å². The van der Waals surface area contributed by atoms with Gasteiger partial charge in [0.05, 0.1) is 23.9 Å². The Morgan fingerprint density at radius 1 is 1.57 bits per heavy atom. The van der Waals surface area contributed by atoms with Crippen molar-refractivity contribution in [1.82, 2.24) is 14.9 Å². The summed E-state index contributed by atoms with van der Waals surface area (Å²) in [4.78, 5) is 33.1. The number of aromatic amines is 1. The predicted molar refractivity (Wildman–Crippen MR) is 87.9 cm³/mol. The Kier molecular flexibility index (Phi) is 4.88. The van der Waals surface area contributed by atoms with Crippen molar-refractivity contribution in [3.8, 4) is 0 Å². The average molecular weight is 333 g/mol. The lowest BCUT2D eigenvalue weighted by Crippen LogP contribution is -2.45. The van der Waals surface area contributed by atoms with E-state index in [1.54, 1.807) is 0 Å². The van der Waals surface area contributed by atoms with Crippen LogP contribution < -0.4 is 5.56 Å². The van der Waals surface area contributed by atoms with E-state index in [4.69, 9.17) is 4.74 Å². The summed E-state index contributed by atoms with van der Waals surface area (Å²) in [5, 5.41) is 1.94. The molecule has 1 atom stereocenters. The number of aryl methyl sites for hydroxylation is 2. The molecule has 1 N–H and O–H groups in total. The molecular formula is C16H19N3O3S. The molecule has 3 heterocycles. The van der Waals surface area contributed by atoms with E-state index in [1.807, 2.05) is 23.3 Å². The zero-order valence-corrected chi connectivity index (χ0v) is 13.8. The van der Waals surface area contributed by atoms with Crippen LogP contribution in [-0.4, -0.2) is 46.6 Å². The number of aromatic nitrogens is 2. The second-order valence-corrected chi connectivity index (χ2v) is 6.53. The lowest BCUT2D eigenvalue weighted by atomic mass is 10.1. The third-order valence-corrected chi connectivity index (χ3v) is 4.94. The third kappa shape index (κ3) is 3.86. The number of rotatable bonds is 4. The summed E-state index contributed by atoms with van der Waals surface area (Å²) in [6.45, 7) is 3.71. The SMILES string of the molecule is Cc1ccsc1C(=O)N1CCO[C@@H](CCc2cc(=O)[nH]cn2)C1. The van der Waals surface area contributed by atoms with Crippen LogP contribution in [-0.2, 0) is 11.2 Å². The number of ether oxygens (including phenoxy) is 1. The quantitative estimate of drug-likeness (QED) is 0.922. The lowest BCUT2D eigenvalue weighted by molar-refractivity contribution is -0.0245. The van der Waals surface area contributed by atoms with Crippen molar-refractivity contribution >= 4 is 17.2 Å². The molecule has 0 spiro atoms. The zero-order chi connectivity index (χ0) is 16.2. The highest BCUT2D eigenvalue weighted by Crippen LogP contribution is 2.20. The van der Waals surface area contributed by atoms with Crippen LogP contribution in [0.15, 0.2) is 28.6 Å². The van der Waals surface area contributed by atoms with E-state index in [0.717, 1.165) is 22.6 Å². The molecular weight excluding hydrogens is 314 g/mol. The van der Waals surface area contributed by atoms with Crippen LogP contribution in [0.4, 0.5) is 0 Å². The fraction of sp³-hybridized carbons (Fsp3) is 0.438. The number of hydrogen-bond donors (Lipinski definition) is 1. The van der Waals surface area contributed by atoms with Crippen LogP contribution in [0.2, 0.25) is 0 Å². The van der Waals surface area contributed by atoms with Gasteiger partial charge in [0.25, 0.3) is 11.5 Å². The molecule has 0 bridgehead atoms. The van der Waals surface area contributed by atoms with Gasteiger partial charge in [0.2, 0.25) is 0 Å². The Labute approximate surface area is 138 Å². The molecule has 1 aliphatic rings.